The van der Waals surface area contributed by atoms with Crippen molar-refractivity contribution < 1.29 is 17.6 Å². The van der Waals surface area contributed by atoms with Crippen molar-refractivity contribution in [3.63, 3.8) is 0 Å². The van der Waals surface area contributed by atoms with E-state index in [9.17, 15) is 17.6 Å². The minimum atomic E-state index is -4.55. The molecule has 0 saturated carbocycles. The van der Waals surface area contributed by atoms with E-state index in [1.165, 1.54) is 0 Å². The fraction of sp³-hybridized carbons (Fsp3) is 0.167. The molecule has 0 aliphatic rings. The van der Waals surface area contributed by atoms with Crippen molar-refractivity contribution >= 4 is 15.9 Å². The second kappa shape index (κ2) is 3.01. The molecule has 0 unspecified atom stereocenters. The molecule has 1 heterocycles. The third-order valence-corrected chi connectivity index (χ3v) is 1.91. The van der Waals surface area contributed by atoms with E-state index in [1.54, 1.807) is 0 Å². The van der Waals surface area contributed by atoms with Crippen LogP contribution in [-0.4, -0.2) is 4.98 Å². The Morgan fingerprint density at radius 3 is 2.33 bits per heavy atom. The molecule has 1 nitrogen and oxygen atoms in total. The van der Waals surface area contributed by atoms with Gasteiger partial charge in [-0.25, -0.2) is 4.98 Å². The largest absolute Gasteiger partial charge is 0.417 e. The van der Waals surface area contributed by atoms with E-state index in [1.807, 2.05) is 0 Å². The molecule has 66 valence electrons. The van der Waals surface area contributed by atoms with Crippen molar-refractivity contribution in [1.29, 1.82) is 0 Å². The Kier molecular flexibility index (Phi) is 2.36. The number of rotatable bonds is 0. The van der Waals surface area contributed by atoms with Crippen LogP contribution in [-0.2, 0) is 6.18 Å². The highest BCUT2D eigenvalue weighted by Gasteiger charge is 2.34. The average molecular weight is 244 g/mol. The lowest BCUT2D eigenvalue weighted by Crippen LogP contribution is -2.07. The Labute approximate surface area is 73.5 Å². The van der Waals surface area contributed by atoms with Crippen molar-refractivity contribution in [2.24, 2.45) is 0 Å². The molecular weight excluding hydrogens is 242 g/mol. The molecule has 0 spiro atoms. The maximum atomic E-state index is 12.5. The third-order valence-electron chi connectivity index (χ3n) is 1.15. The van der Waals surface area contributed by atoms with Crippen LogP contribution in [0.15, 0.2) is 16.7 Å². The molecule has 0 aromatic carbocycles. The van der Waals surface area contributed by atoms with E-state index < -0.39 is 22.2 Å². The minimum absolute atomic E-state index is 0.655. The molecule has 0 radical (unpaired) electrons. The fourth-order valence-electron chi connectivity index (χ4n) is 0.637. The van der Waals surface area contributed by atoms with Crippen LogP contribution in [0.4, 0.5) is 17.6 Å². The number of alkyl halides is 3. The number of hydrogen-bond acceptors (Lipinski definition) is 1. The van der Waals surface area contributed by atoms with Crippen LogP contribution in [0.1, 0.15) is 5.56 Å². The van der Waals surface area contributed by atoms with Gasteiger partial charge in [0.15, 0.2) is 0 Å². The van der Waals surface area contributed by atoms with Gasteiger partial charge >= 0.3 is 6.18 Å². The lowest BCUT2D eigenvalue weighted by atomic mass is 10.2. The van der Waals surface area contributed by atoms with Gasteiger partial charge in [-0.15, -0.1) is 0 Å². The Morgan fingerprint density at radius 1 is 1.33 bits per heavy atom. The average Bonchev–Trinajstić information content (AvgIpc) is 1.92. The van der Waals surface area contributed by atoms with Crippen molar-refractivity contribution in [1.82, 2.24) is 4.98 Å². The van der Waals surface area contributed by atoms with Crippen molar-refractivity contribution in [3.05, 3.63) is 28.2 Å². The monoisotopic (exact) mass is 243 g/mol. The van der Waals surface area contributed by atoms with Gasteiger partial charge in [-0.1, -0.05) is 0 Å². The molecule has 12 heavy (non-hydrogen) atoms. The maximum absolute atomic E-state index is 12.5. The second-order valence-corrected chi connectivity index (χ2v) is 2.75. The first-order valence-corrected chi connectivity index (χ1v) is 3.59. The molecular formula is C6H2BrF4N. The van der Waals surface area contributed by atoms with E-state index in [0.29, 0.717) is 6.07 Å². The zero-order valence-corrected chi connectivity index (χ0v) is 7.08. The predicted molar refractivity (Wildman–Crippen MR) is 36.9 cm³/mol. The summed E-state index contributed by atoms with van der Waals surface area (Å²) in [5, 5.41) is 0. The summed E-state index contributed by atoms with van der Waals surface area (Å²) in [5.41, 5.74) is -1.06. The Bertz CT molecular complexity index is 296. The molecule has 1 aromatic rings. The van der Waals surface area contributed by atoms with E-state index in [0.717, 1.165) is 6.20 Å². The van der Waals surface area contributed by atoms with Gasteiger partial charge in [0.25, 0.3) is 0 Å². The SMILES string of the molecule is Fc1nccc(C(F)(F)F)c1Br. The van der Waals surface area contributed by atoms with Gasteiger partial charge in [-0.3, -0.25) is 0 Å². The van der Waals surface area contributed by atoms with Crippen molar-refractivity contribution in [2.75, 3.05) is 0 Å². The summed E-state index contributed by atoms with van der Waals surface area (Å²) in [6.45, 7) is 0. The highest BCUT2D eigenvalue weighted by Crippen LogP contribution is 2.34. The van der Waals surface area contributed by atoms with Crippen LogP contribution in [0.3, 0.4) is 0 Å². The standard InChI is InChI=1S/C6H2BrF4N/c7-4-3(6(9,10)11)1-2-12-5(4)8/h1-2H. The second-order valence-electron chi connectivity index (χ2n) is 1.96. The summed E-state index contributed by atoms with van der Waals surface area (Å²) in [7, 11) is 0. The van der Waals surface area contributed by atoms with Gasteiger partial charge in [0.1, 0.15) is 0 Å². The first-order valence-electron chi connectivity index (χ1n) is 2.80. The molecule has 0 atom stereocenters. The molecule has 0 fully saturated rings. The number of halogens is 5. The van der Waals surface area contributed by atoms with Gasteiger partial charge in [-0.05, 0) is 22.0 Å². The van der Waals surface area contributed by atoms with Crippen LogP contribution in [0.5, 0.6) is 0 Å². The van der Waals surface area contributed by atoms with Gasteiger partial charge in [0, 0.05) is 6.20 Å². The number of hydrogen-bond donors (Lipinski definition) is 0. The van der Waals surface area contributed by atoms with Crippen molar-refractivity contribution in [3.8, 4) is 0 Å². The quantitative estimate of drug-likeness (QED) is 0.505. The Hall–Kier alpha value is -0.650. The molecule has 0 aliphatic heterocycles. The number of pyridine rings is 1. The van der Waals surface area contributed by atoms with Gasteiger partial charge in [0.05, 0.1) is 10.0 Å². The Balaban J connectivity index is 3.26. The number of aromatic nitrogens is 1. The lowest BCUT2D eigenvalue weighted by Gasteiger charge is -2.07. The summed E-state index contributed by atoms with van der Waals surface area (Å²) in [4.78, 5) is 3.04. The summed E-state index contributed by atoms with van der Waals surface area (Å²) in [6, 6.07) is 0.702. The predicted octanol–water partition coefficient (Wildman–Crippen LogP) is 3.00. The lowest BCUT2D eigenvalue weighted by molar-refractivity contribution is -0.138. The van der Waals surface area contributed by atoms with Gasteiger partial charge in [-0.2, -0.15) is 17.6 Å². The normalized spacial score (nSPS) is 11.8. The van der Waals surface area contributed by atoms with Crippen LogP contribution in [0.25, 0.3) is 0 Å². The maximum Gasteiger partial charge on any atom is 0.417 e. The first kappa shape index (κ1) is 9.44. The molecule has 0 saturated heterocycles. The zero-order chi connectivity index (χ0) is 9.35. The summed E-state index contributed by atoms with van der Waals surface area (Å²) in [6.07, 6.45) is -3.79. The summed E-state index contributed by atoms with van der Waals surface area (Å²) in [5.74, 6) is -1.16. The van der Waals surface area contributed by atoms with Crippen LogP contribution in [0, 0.1) is 5.95 Å². The molecule has 6 heteroatoms. The zero-order valence-electron chi connectivity index (χ0n) is 5.49. The molecule has 0 bridgehead atoms. The van der Waals surface area contributed by atoms with E-state index in [2.05, 4.69) is 20.9 Å². The minimum Gasteiger partial charge on any atom is -0.227 e. The van der Waals surface area contributed by atoms with E-state index >= 15 is 0 Å². The highest BCUT2D eigenvalue weighted by molar-refractivity contribution is 9.10. The molecule has 1 aromatic heterocycles. The first-order chi connectivity index (χ1) is 5.43. The Morgan fingerprint density at radius 2 is 1.92 bits per heavy atom. The molecule has 0 amide bonds. The van der Waals surface area contributed by atoms with Gasteiger partial charge in [0.2, 0.25) is 5.95 Å². The fourth-order valence-corrected chi connectivity index (χ4v) is 1.10. The van der Waals surface area contributed by atoms with Crippen LogP contribution in [0.2, 0.25) is 0 Å². The van der Waals surface area contributed by atoms with E-state index in [4.69, 9.17) is 0 Å². The topological polar surface area (TPSA) is 12.9 Å². The van der Waals surface area contributed by atoms with Crippen molar-refractivity contribution in [2.45, 2.75) is 6.18 Å². The summed E-state index contributed by atoms with van der Waals surface area (Å²) >= 11 is 2.46. The third kappa shape index (κ3) is 1.74. The van der Waals surface area contributed by atoms with E-state index in [-0.39, 0.29) is 0 Å². The van der Waals surface area contributed by atoms with Crippen LogP contribution < -0.4 is 0 Å². The highest BCUT2D eigenvalue weighted by atomic mass is 79.9. The number of nitrogens with zero attached hydrogens (tertiary/aromatic N) is 1. The van der Waals surface area contributed by atoms with Gasteiger partial charge < -0.3 is 0 Å². The van der Waals surface area contributed by atoms with Crippen LogP contribution >= 0.6 is 15.9 Å². The molecule has 0 aliphatic carbocycles. The smallest absolute Gasteiger partial charge is 0.227 e. The molecule has 1 rings (SSSR count). The summed E-state index contributed by atoms with van der Waals surface area (Å²) < 4.78 is 47.8. The molecule has 0 N–H and O–H groups in total.